The third-order valence-corrected chi connectivity index (χ3v) is 5.16. The smallest absolute Gasteiger partial charge is 0.228 e. The van der Waals surface area contributed by atoms with Gasteiger partial charge < -0.3 is 9.80 Å². The second-order valence-corrected chi connectivity index (χ2v) is 6.60. The first-order valence-corrected chi connectivity index (χ1v) is 7.95. The lowest BCUT2D eigenvalue weighted by Crippen LogP contribution is -2.42. The number of likely N-dealkylation sites (tertiary alicyclic amines) is 2. The molecule has 2 amide bonds. The van der Waals surface area contributed by atoms with Gasteiger partial charge in [0.1, 0.15) is 0 Å². The van der Waals surface area contributed by atoms with E-state index in [4.69, 9.17) is 0 Å². The fourth-order valence-electron chi connectivity index (χ4n) is 3.10. The molecule has 0 saturated carbocycles. The molecule has 1 aromatic rings. The van der Waals surface area contributed by atoms with Crippen LogP contribution in [0.1, 0.15) is 30.2 Å². The predicted molar refractivity (Wildman–Crippen MR) is 76.4 cm³/mol. The quantitative estimate of drug-likeness (QED) is 0.826. The van der Waals surface area contributed by atoms with E-state index in [1.54, 1.807) is 23.3 Å². The summed E-state index contributed by atoms with van der Waals surface area (Å²) in [6.45, 7) is 2.13. The van der Waals surface area contributed by atoms with Crippen LogP contribution in [0.3, 0.4) is 0 Å². The zero-order valence-electron chi connectivity index (χ0n) is 11.6. The summed E-state index contributed by atoms with van der Waals surface area (Å²) in [4.78, 5) is 32.1. The maximum atomic E-state index is 12.5. The van der Waals surface area contributed by atoms with Gasteiger partial charge in [-0.3, -0.25) is 9.59 Å². The maximum Gasteiger partial charge on any atom is 0.228 e. The summed E-state index contributed by atoms with van der Waals surface area (Å²) in [7, 11) is 1.77. The van der Waals surface area contributed by atoms with Gasteiger partial charge in [0.25, 0.3) is 0 Å². The van der Waals surface area contributed by atoms with E-state index in [-0.39, 0.29) is 17.7 Å². The lowest BCUT2D eigenvalue weighted by molar-refractivity contribution is -0.137. The number of carbonyl (C=O) groups is 2. The highest BCUT2D eigenvalue weighted by Gasteiger charge is 2.36. The summed E-state index contributed by atoms with van der Waals surface area (Å²) in [5, 5.41) is 3.11. The zero-order valence-corrected chi connectivity index (χ0v) is 12.4. The minimum Gasteiger partial charge on any atom is -0.345 e. The van der Waals surface area contributed by atoms with Gasteiger partial charge in [0.05, 0.1) is 10.9 Å². The molecule has 0 unspecified atom stereocenters. The van der Waals surface area contributed by atoms with Crippen LogP contribution in [0.2, 0.25) is 0 Å². The predicted octanol–water partition coefficient (Wildman–Crippen LogP) is 1.33. The lowest BCUT2D eigenvalue weighted by atomic mass is 9.96. The molecule has 1 aromatic heterocycles. The fraction of sp³-hybridized carbons (Fsp3) is 0.643. The molecule has 3 heterocycles. The van der Waals surface area contributed by atoms with E-state index in [2.05, 4.69) is 4.98 Å². The number of nitrogens with zero attached hydrogens (tertiary/aromatic N) is 3. The van der Waals surface area contributed by atoms with E-state index in [1.807, 2.05) is 16.5 Å². The van der Waals surface area contributed by atoms with Gasteiger partial charge in [0, 0.05) is 50.6 Å². The number of amides is 2. The van der Waals surface area contributed by atoms with Crippen LogP contribution in [0.4, 0.5) is 0 Å². The van der Waals surface area contributed by atoms with Crippen LogP contribution in [0.15, 0.2) is 11.6 Å². The first-order valence-electron chi connectivity index (χ1n) is 7.07. The molecule has 2 atom stereocenters. The molecule has 2 saturated heterocycles. The fourth-order valence-corrected chi connectivity index (χ4v) is 3.87. The van der Waals surface area contributed by atoms with E-state index in [0.717, 1.165) is 30.9 Å². The number of thiazole rings is 1. The van der Waals surface area contributed by atoms with Crippen molar-refractivity contribution in [3.63, 3.8) is 0 Å². The minimum absolute atomic E-state index is 0.0804. The molecule has 5 nitrogen and oxygen atoms in total. The second-order valence-electron chi connectivity index (χ2n) is 5.67. The average Bonchev–Trinajstić information content (AvgIpc) is 3.09. The van der Waals surface area contributed by atoms with Crippen molar-refractivity contribution in [1.82, 2.24) is 14.8 Å². The molecule has 3 rings (SSSR count). The molecular formula is C14H19N3O2S. The van der Waals surface area contributed by atoms with Gasteiger partial charge in [0.2, 0.25) is 11.8 Å². The van der Waals surface area contributed by atoms with Gasteiger partial charge >= 0.3 is 0 Å². The molecule has 0 spiro atoms. The molecule has 2 fully saturated rings. The number of carbonyl (C=O) groups excluding carboxylic acids is 2. The monoisotopic (exact) mass is 293 g/mol. The van der Waals surface area contributed by atoms with Gasteiger partial charge in [-0.15, -0.1) is 11.3 Å². The number of hydrogen-bond donors (Lipinski definition) is 0. The Kier molecular flexibility index (Phi) is 3.74. The van der Waals surface area contributed by atoms with Crippen molar-refractivity contribution >= 4 is 23.2 Å². The Labute approximate surface area is 122 Å². The first kappa shape index (κ1) is 13.5. The highest BCUT2D eigenvalue weighted by atomic mass is 32.1. The van der Waals surface area contributed by atoms with E-state index >= 15 is 0 Å². The minimum atomic E-state index is -0.150. The summed E-state index contributed by atoms with van der Waals surface area (Å²) in [5.74, 6) is 0.436. The normalized spacial score (nSPS) is 27.1. The van der Waals surface area contributed by atoms with Gasteiger partial charge in [-0.2, -0.15) is 0 Å². The summed E-state index contributed by atoms with van der Waals surface area (Å²) in [6, 6.07) is 0. The van der Waals surface area contributed by atoms with Crippen LogP contribution in [0.5, 0.6) is 0 Å². The highest BCUT2D eigenvalue weighted by molar-refractivity contribution is 7.09. The zero-order chi connectivity index (χ0) is 14.1. The summed E-state index contributed by atoms with van der Waals surface area (Å²) in [5.41, 5.74) is 0. The summed E-state index contributed by atoms with van der Waals surface area (Å²) >= 11 is 1.66. The van der Waals surface area contributed by atoms with Crippen molar-refractivity contribution in [1.29, 1.82) is 0 Å². The van der Waals surface area contributed by atoms with E-state index in [9.17, 15) is 9.59 Å². The van der Waals surface area contributed by atoms with Crippen LogP contribution >= 0.6 is 11.3 Å². The molecule has 0 aromatic carbocycles. The van der Waals surface area contributed by atoms with Gasteiger partial charge in [-0.1, -0.05) is 0 Å². The average molecular weight is 293 g/mol. The third-order valence-electron chi connectivity index (χ3n) is 4.22. The number of piperidine rings is 1. The van der Waals surface area contributed by atoms with E-state index < -0.39 is 0 Å². The van der Waals surface area contributed by atoms with Crippen molar-refractivity contribution in [3.05, 3.63) is 16.6 Å². The molecule has 0 bridgehead atoms. The molecule has 108 valence electrons. The van der Waals surface area contributed by atoms with Crippen molar-refractivity contribution in [2.24, 2.45) is 5.92 Å². The van der Waals surface area contributed by atoms with Crippen molar-refractivity contribution in [3.8, 4) is 0 Å². The van der Waals surface area contributed by atoms with Gasteiger partial charge in [-0.25, -0.2) is 4.98 Å². The standard InChI is InChI=1S/C14H19N3O2S/c1-16-8-11(7-12(16)18)14(19)17-5-2-3-10(9-17)13-15-4-6-20-13/h4,6,10-11H,2-3,5,7-9H2,1H3/t10-,11+/m0/s1. The van der Waals surface area contributed by atoms with E-state index in [0.29, 0.717) is 18.9 Å². The molecule has 20 heavy (non-hydrogen) atoms. The highest BCUT2D eigenvalue weighted by Crippen LogP contribution is 2.30. The lowest BCUT2D eigenvalue weighted by Gasteiger charge is -2.33. The molecular weight excluding hydrogens is 274 g/mol. The maximum absolute atomic E-state index is 12.5. The molecule has 6 heteroatoms. The van der Waals surface area contributed by atoms with Gasteiger partial charge in [0.15, 0.2) is 0 Å². The summed E-state index contributed by atoms with van der Waals surface area (Å²) in [6.07, 6.45) is 4.31. The Morgan fingerprint density at radius 3 is 2.95 bits per heavy atom. The van der Waals surface area contributed by atoms with Crippen LogP contribution in [0, 0.1) is 5.92 Å². The van der Waals surface area contributed by atoms with Gasteiger partial charge in [-0.05, 0) is 12.8 Å². The number of rotatable bonds is 2. The van der Waals surface area contributed by atoms with Crippen molar-refractivity contribution in [2.75, 3.05) is 26.7 Å². The van der Waals surface area contributed by atoms with E-state index in [1.165, 1.54) is 0 Å². The summed E-state index contributed by atoms with van der Waals surface area (Å²) < 4.78 is 0. The number of aromatic nitrogens is 1. The van der Waals surface area contributed by atoms with Crippen LogP contribution in [-0.4, -0.2) is 53.3 Å². The molecule has 0 aliphatic carbocycles. The topological polar surface area (TPSA) is 53.5 Å². The Balaban J connectivity index is 1.65. The van der Waals surface area contributed by atoms with Crippen molar-refractivity contribution in [2.45, 2.75) is 25.2 Å². The number of hydrogen-bond acceptors (Lipinski definition) is 4. The van der Waals surface area contributed by atoms with Crippen LogP contribution < -0.4 is 0 Å². The van der Waals surface area contributed by atoms with Crippen LogP contribution in [-0.2, 0) is 9.59 Å². The Bertz CT molecular complexity index is 503. The molecule has 2 aliphatic rings. The largest absolute Gasteiger partial charge is 0.345 e. The SMILES string of the molecule is CN1C[C@H](C(=O)N2CCC[C@H](c3nccs3)C2)CC1=O. The Hall–Kier alpha value is -1.43. The Morgan fingerprint density at radius 2 is 2.30 bits per heavy atom. The first-order chi connectivity index (χ1) is 9.65. The molecule has 2 aliphatic heterocycles. The molecule has 0 N–H and O–H groups in total. The third kappa shape index (κ3) is 2.57. The second kappa shape index (κ2) is 5.52. The molecule has 0 radical (unpaired) electrons. The van der Waals surface area contributed by atoms with Crippen LogP contribution in [0.25, 0.3) is 0 Å². The van der Waals surface area contributed by atoms with Crippen molar-refractivity contribution < 1.29 is 9.59 Å². The Morgan fingerprint density at radius 1 is 1.45 bits per heavy atom.